The lowest BCUT2D eigenvalue weighted by Crippen LogP contribution is -2.37. The van der Waals surface area contributed by atoms with Crippen LogP contribution in [-0.4, -0.2) is 41.3 Å². The molecule has 1 aliphatic rings. The molecule has 5 heterocycles. The molecule has 0 amide bonds. The third kappa shape index (κ3) is 2.81. The molecule has 4 aromatic heterocycles. The van der Waals surface area contributed by atoms with Crippen molar-refractivity contribution in [3.8, 4) is 21.6 Å². The zero-order valence-corrected chi connectivity index (χ0v) is 15.9. The smallest absolute Gasteiger partial charge is 0.138 e. The molecule has 6 heteroatoms. The minimum absolute atomic E-state index is 0.741. The van der Waals surface area contributed by atoms with E-state index in [1.807, 2.05) is 18.5 Å². The van der Waals surface area contributed by atoms with E-state index < -0.39 is 0 Å². The second-order valence-corrected chi connectivity index (χ2v) is 7.61. The van der Waals surface area contributed by atoms with Gasteiger partial charge in [0.2, 0.25) is 0 Å². The normalized spacial score (nSPS) is 14.8. The molecule has 1 fully saturated rings. The molecular formula is C21H20N4OS. The molecule has 0 aromatic carbocycles. The number of hydrogen-bond acceptors (Lipinski definition) is 5. The molecule has 0 spiro atoms. The highest BCUT2D eigenvalue weighted by molar-refractivity contribution is 7.13. The van der Waals surface area contributed by atoms with Crippen LogP contribution < -0.4 is 4.90 Å². The van der Waals surface area contributed by atoms with Crippen LogP contribution in [0.3, 0.4) is 0 Å². The maximum absolute atomic E-state index is 5.52. The molecule has 0 saturated carbocycles. The standard InChI is InChI=1S/C21H20N4OS/c1-14-5-12-27-19(14)16-4-7-22-20-18(16)17(13-24-20)15-3-2-6-23-21(15)25-8-10-26-11-9-25/h2-7,12-13H,8-11H2,1H3,(H,22,24). The van der Waals surface area contributed by atoms with Crippen molar-refractivity contribution in [2.24, 2.45) is 0 Å². The maximum atomic E-state index is 5.52. The summed E-state index contributed by atoms with van der Waals surface area (Å²) in [5.74, 6) is 1.01. The van der Waals surface area contributed by atoms with E-state index in [-0.39, 0.29) is 0 Å². The van der Waals surface area contributed by atoms with Gasteiger partial charge in [0.05, 0.1) is 13.2 Å². The minimum Gasteiger partial charge on any atom is -0.378 e. The van der Waals surface area contributed by atoms with E-state index in [0.29, 0.717) is 0 Å². The molecule has 5 nitrogen and oxygen atoms in total. The van der Waals surface area contributed by atoms with Gasteiger partial charge >= 0.3 is 0 Å². The van der Waals surface area contributed by atoms with E-state index in [1.54, 1.807) is 11.3 Å². The fourth-order valence-electron chi connectivity index (χ4n) is 3.74. The highest BCUT2D eigenvalue weighted by atomic mass is 32.1. The molecule has 1 saturated heterocycles. The maximum Gasteiger partial charge on any atom is 0.138 e. The Morgan fingerprint density at radius 2 is 1.93 bits per heavy atom. The van der Waals surface area contributed by atoms with E-state index in [4.69, 9.17) is 9.72 Å². The second kappa shape index (κ2) is 6.79. The number of anilines is 1. The molecule has 136 valence electrons. The van der Waals surface area contributed by atoms with Crippen LogP contribution in [0.15, 0.2) is 48.2 Å². The summed E-state index contributed by atoms with van der Waals surface area (Å²) in [5, 5.41) is 3.30. The Hall–Kier alpha value is -2.70. The predicted octanol–water partition coefficient (Wildman–Crippen LogP) is 4.50. The lowest BCUT2D eigenvalue weighted by molar-refractivity contribution is 0.122. The van der Waals surface area contributed by atoms with Gasteiger partial charge in [0.15, 0.2) is 0 Å². The number of nitrogens with zero attached hydrogens (tertiary/aromatic N) is 3. The zero-order valence-electron chi connectivity index (χ0n) is 15.1. The number of hydrogen-bond donors (Lipinski definition) is 1. The number of aromatic amines is 1. The van der Waals surface area contributed by atoms with Crippen molar-refractivity contribution in [3.05, 3.63) is 53.8 Å². The van der Waals surface area contributed by atoms with Crippen LogP contribution in [0, 0.1) is 6.92 Å². The van der Waals surface area contributed by atoms with Gasteiger partial charge in [-0.05, 0) is 42.1 Å². The van der Waals surface area contributed by atoms with Gasteiger partial charge in [-0.15, -0.1) is 11.3 Å². The van der Waals surface area contributed by atoms with Crippen molar-refractivity contribution in [2.45, 2.75) is 6.92 Å². The molecule has 1 aliphatic heterocycles. The van der Waals surface area contributed by atoms with Crippen molar-refractivity contribution in [1.29, 1.82) is 0 Å². The fourth-order valence-corrected chi connectivity index (χ4v) is 4.70. The number of aryl methyl sites for hydroxylation is 1. The average Bonchev–Trinajstić information content (AvgIpc) is 3.35. The van der Waals surface area contributed by atoms with Crippen LogP contribution in [0.1, 0.15) is 5.56 Å². The SMILES string of the molecule is Cc1ccsc1-c1ccnc2[nH]cc(-c3cccnc3N3CCOCC3)c12. The second-order valence-electron chi connectivity index (χ2n) is 6.69. The van der Waals surface area contributed by atoms with Gasteiger partial charge in [-0.25, -0.2) is 9.97 Å². The van der Waals surface area contributed by atoms with Crippen LogP contribution >= 0.6 is 11.3 Å². The molecule has 0 unspecified atom stereocenters. The van der Waals surface area contributed by atoms with Gasteiger partial charge in [-0.2, -0.15) is 0 Å². The van der Waals surface area contributed by atoms with Crippen molar-refractivity contribution in [2.75, 3.05) is 31.2 Å². The largest absolute Gasteiger partial charge is 0.378 e. The molecule has 1 N–H and O–H groups in total. The molecule has 0 aliphatic carbocycles. The number of nitrogens with one attached hydrogen (secondary N) is 1. The fraction of sp³-hybridized carbons (Fsp3) is 0.238. The third-order valence-electron chi connectivity index (χ3n) is 5.07. The first-order chi connectivity index (χ1) is 13.3. The average molecular weight is 376 g/mol. The van der Waals surface area contributed by atoms with Gasteiger partial charge in [-0.3, -0.25) is 0 Å². The lowest BCUT2D eigenvalue weighted by atomic mass is 10.0. The number of rotatable bonds is 3. The molecular weight excluding hydrogens is 356 g/mol. The Balaban J connectivity index is 1.72. The van der Waals surface area contributed by atoms with Gasteiger partial charge in [0.1, 0.15) is 11.5 Å². The first-order valence-corrected chi connectivity index (χ1v) is 9.99. The molecule has 0 bridgehead atoms. The number of ether oxygens (including phenoxy) is 1. The Kier molecular flexibility index (Phi) is 4.14. The first-order valence-electron chi connectivity index (χ1n) is 9.11. The lowest BCUT2D eigenvalue weighted by Gasteiger charge is -2.29. The summed E-state index contributed by atoms with van der Waals surface area (Å²) in [6.07, 6.45) is 5.81. The summed E-state index contributed by atoms with van der Waals surface area (Å²) in [5.41, 5.74) is 5.71. The van der Waals surface area contributed by atoms with E-state index in [9.17, 15) is 0 Å². The molecule has 0 radical (unpaired) electrons. The summed E-state index contributed by atoms with van der Waals surface area (Å²) in [7, 11) is 0. The highest BCUT2D eigenvalue weighted by Gasteiger charge is 2.21. The summed E-state index contributed by atoms with van der Waals surface area (Å²) in [4.78, 5) is 16.2. The highest BCUT2D eigenvalue weighted by Crippen LogP contribution is 2.41. The molecule has 27 heavy (non-hydrogen) atoms. The van der Waals surface area contributed by atoms with Crippen molar-refractivity contribution in [1.82, 2.24) is 15.0 Å². The summed E-state index contributed by atoms with van der Waals surface area (Å²) < 4.78 is 5.52. The van der Waals surface area contributed by atoms with Crippen LogP contribution in [0.25, 0.3) is 32.6 Å². The Morgan fingerprint density at radius 3 is 2.74 bits per heavy atom. The first kappa shape index (κ1) is 16.5. The zero-order chi connectivity index (χ0) is 18.2. The van der Waals surface area contributed by atoms with Gasteiger partial charge in [0, 0.05) is 58.6 Å². The van der Waals surface area contributed by atoms with Crippen molar-refractivity contribution >= 4 is 28.2 Å². The minimum atomic E-state index is 0.741. The Labute approximate surface area is 161 Å². The molecule has 0 atom stereocenters. The van der Waals surface area contributed by atoms with E-state index in [0.717, 1.165) is 54.3 Å². The van der Waals surface area contributed by atoms with Gasteiger partial charge < -0.3 is 14.6 Å². The summed E-state index contributed by atoms with van der Waals surface area (Å²) in [6.45, 7) is 5.37. The van der Waals surface area contributed by atoms with Gasteiger partial charge in [0.25, 0.3) is 0 Å². The van der Waals surface area contributed by atoms with E-state index >= 15 is 0 Å². The number of pyridine rings is 2. The monoisotopic (exact) mass is 376 g/mol. The number of fused-ring (bicyclic) bond motifs is 1. The number of thiophene rings is 1. The van der Waals surface area contributed by atoms with E-state index in [1.165, 1.54) is 16.0 Å². The van der Waals surface area contributed by atoms with Crippen molar-refractivity contribution < 1.29 is 4.74 Å². The van der Waals surface area contributed by atoms with Crippen LogP contribution in [0.2, 0.25) is 0 Å². The quantitative estimate of drug-likeness (QED) is 0.572. The van der Waals surface area contributed by atoms with Crippen LogP contribution in [0.4, 0.5) is 5.82 Å². The summed E-state index contributed by atoms with van der Waals surface area (Å²) >= 11 is 1.77. The number of H-pyrrole nitrogens is 1. The number of morpholine rings is 1. The predicted molar refractivity (Wildman–Crippen MR) is 110 cm³/mol. The molecule has 4 aromatic rings. The van der Waals surface area contributed by atoms with Crippen molar-refractivity contribution in [3.63, 3.8) is 0 Å². The Morgan fingerprint density at radius 1 is 1.04 bits per heavy atom. The molecule has 5 rings (SSSR count). The topological polar surface area (TPSA) is 54.0 Å². The van der Waals surface area contributed by atoms with Crippen LogP contribution in [-0.2, 0) is 4.74 Å². The van der Waals surface area contributed by atoms with E-state index in [2.05, 4.69) is 51.6 Å². The van der Waals surface area contributed by atoms with Crippen LogP contribution in [0.5, 0.6) is 0 Å². The number of aromatic nitrogens is 3. The third-order valence-corrected chi connectivity index (χ3v) is 6.12. The van der Waals surface area contributed by atoms with Gasteiger partial charge in [-0.1, -0.05) is 0 Å². The Bertz CT molecular complexity index is 1090. The summed E-state index contributed by atoms with van der Waals surface area (Å²) in [6, 6.07) is 8.44.